The average molecular weight is 571 g/mol. The standard InChI is InChI=1S/C6H14N4O3.C6H14N4O2.C6H13N3O3.HNO/c7-4(5(11)12)2-1-3-9-6(8)10-13;7-4(5(11)12)2-1-3-10-6(8)9;7-4(5(10)11)2-1-3-9-6(8)12;1-2/h4,13H,1-3,7H2,(H,11,12)(H3,8,9,10);4H,1-3,7H2,(H,11,12)(H4,8,9,10);4H,1-3,7H2,(H,10,11)(H3,8,9,12);1H/t3*4-;/m111./s1. The summed E-state index contributed by atoms with van der Waals surface area (Å²) >= 11 is 0. The fourth-order valence-corrected chi connectivity index (χ4v) is 1.97. The Morgan fingerprint density at radius 3 is 1.36 bits per heavy atom. The third-order valence-corrected chi connectivity index (χ3v) is 3.98. The zero-order valence-electron chi connectivity index (χ0n) is 21.4. The Morgan fingerprint density at radius 2 is 1.05 bits per heavy atom. The van der Waals surface area contributed by atoms with Crippen LogP contribution in [0.5, 0.6) is 0 Å². The molecule has 3 atom stereocenters. The minimum atomic E-state index is -1.03. The van der Waals surface area contributed by atoms with Crippen LogP contribution in [-0.2, 0) is 14.4 Å². The molecule has 0 fully saturated rings. The lowest BCUT2D eigenvalue weighted by atomic mass is 10.2. The molecule has 228 valence electrons. The maximum absolute atomic E-state index is 10.2. The number of nitrogens with two attached hydrogens (primary N) is 7. The molecule has 0 radical (unpaired) electrons. The summed E-state index contributed by atoms with van der Waals surface area (Å²) in [7, 11) is 0. The van der Waals surface area contributed by atoms with Gasteiger partial charge in [0.15, 0.2) is 5.96 Å². The number of hydroxylamine groups is 1. The predicted octanol–water partition coefficient (Wildman–Crippen LogP) is -3.90. The molecule has 21 heteroatoms. The number of carbonyl (C=O) groups excluding carboxylic acids is 1. The number of hydrogen-bond donors (Lipinski definition) is 14. The minimum absolute atomic E-state index is 0.0129. The molecule has 0 aromatic heterocycles. The van der Waals surface area contributed by atoms with E-state index < -0.39 is 42.1 Å². The van der Waals surface area contributed by atoms with Crippen molar-refractivity contribution in [1.82, 2.24) is 10.8 Å². The number of nitroso groups, excluding NO2 is 1. The van der Waals surface area contributed by atoms with Gasteiger partial charge in [0, 0.05) is 19.6 Å². The molecule has 0 bridgehead atoms. The number of guanidine groups is 2. The molecule has 0 spiro atoms. The summed E-state index contributed by atoms with van der Waals surface area (Å²) in [5.41, 5.74) is 41.8. The number of primary amides is 1. The van der Waals surface area contributed by atoms with Crippen LogP contribution in [0.2, 0.25) is 0 Å². The molecule has 0 aliphatic carbocycles. The van der Waals surface area contributed by atoms with Crippen LogP contribution in [0.25, 0.3) is 0 Å². The normalized spacial score (nSPS) is 12.2. The van der Waals surface area contributed by atoms with Gasteiger partial charge in [0.2, 0.25) is 5.96 Å². The van der Waals surface area contributed by atoms with Gasteiger partial charge in [-0.2, -0.15) is 4.91 Å². The first-order valence-electron chi connectivity index (χ1n) is 11.1. The number of hydrogen-bond acceptors (Lipinski definition) is 12. The third-order valence-electron chi connectivity index (χ3n) is 3.98. The molecular formula is C18H42N12O9. The molecule has 0 heterocycles. The van der Waals surface area contributed by atoms with Crippen molar-refractivity contribution in [3.63, 3.8) is 0 Å². The molecule has 0 aromatic carbocycles. The van der Waals surface area contributed by atoms with E-state index in [1.165, 1.54) is 0 Å². The molecule has 39 heavy (non-hydrogen) atoms. The van der Waals surface area contributed by atoms with E-state index in [9.17, 15) is 19.2 Å². The predicted molar refractivity (Wildman–Crippen MR) is 140 cm³/mol. The van der Waals surface area contributed by atoms with Crippen molar-refractivity contribution in [2.24, 2.45) is 50.1 Å². The van der Waals surface area contributed by atoms with Crippen molar-refractivity contribution < 1.29 is 39.7 Å². The topological polar surface area (TPSA) is 421 Å². The first kappa shape index (κ1) is 41.8. The molecule has 21 N–H and O–H groups in total. The Bertz CT molecular complexity index is 751. The van der Waals surface area contributed by atoms with Crippen LogP contribution >= 0.6 is 0 Å². The van der Waals surface area contributed by atoms with Gasteiger partial charge in [-0.05, 0) is 38.5 Å². The molecule has 0 aliphatic heterocycles. The zero-order valence-corrected chi connectivity index (χ0v) is 21.4. The lowest BCUT2D eigenvalue weighted by molar-refractivity contribution is -0.139. The molecular weight excluding hydrogens is 528 g/mol. The fourth-order valence-electron chi connectivity index (χ4n) is 1.97. The molecule has 0 rings (SSSR count). The molecule has 21 nitrogen and oxygen atoms in total. The van der Waals surface area contributed by atoms with Crippen molar-refractivity contribution >= 4 is 35.9 Å². The maximum atomic E-state index is 10.2. The van der Waals surface area contributed by atoms with Gasteiger partial charge in [-0.3, -0.25) is 29.6 Å². The average Bonchev–Trinajstić information content (AvgIpc) is 2.87. The van der Waals surface area contributed by atoms with Crippen LogP contribution in [0.4, 0.5) is 4.79 Å². The third kappa shape index (κ3) is 35.9. The van der Waals surface area contributed by atoms with Crippen molar-refractivity contribution in [2.75, 3.05) is 19.6 Å². The van der Waals surface area contributed by atoms with E-state index in [0.29, 0.717) is 58.2 Å². The molecule has 0 saturated heterocycles. The largest absolute Gasteiger partial charge is 0.480 e. The molecule has 0 unspecified atom stereocenters. The van der Waals surface area contributed by atoms with E-state index in [-0.39, 0.29) is 11.9 Å². The quantitative estimate of drug-likeness (QED) is 0.0294. The molecule has 0 saturated carbocycles. The highest BCUT2D eigenvalue weighted by Crippen LogP contribution is 1.95. The van der Waals surface area contributed by atoms with Gasteiger partial charge < -0.3 is 60.8 Å². The van der Waals surface area contributed by atoms with Crippen LogP contribution in [0.15, 0.2) is 9.98 Å². The first-order chi connectivity index (χ1) is 18.1. The fraction of sp³-hybridized carbons (Fsp3) is 0.667. The van der Waals surface area contributed by atoms with Crippen LogP contribution in [0.3, 0.4) is 0 Å². The first-order valence-corrected chi connectivity index (χ1v) is 11.1. The van der Waals surface area contributed by atoms with Crippen LogP contribution in [0.1, 0.15) is 38.5 Å². The van der Waals surface area contributed by atoms with E-state index in [4.69, 9.17) is 65.6 Å². The number of carboxylic acids is 3. The second-order valence-corrected chi connectivity index (χ2v) is 7.24. The summed E-state index contributed by atoms with van der Waals surface area (Å²) in [6, 6.07) is -3.16. The van der Waals surface area contributed by atoms with Gasteiger partial charge in [-0.1, -0.05) is 5.59 Å². The molecule has 2 amide bonds. The number of amides is 2. The number of nitrogens with one attached hydrogen (secondary N) is 3. The minimum Gasteiger partial charge on any atom is -0.480 e. The van der Waals surface area contributed by atoms with Crippen LogP contribution in [0, 0.1) is 10.5 Å². The number of rotatable bonds is 15. The number of aliphatic imine (C=N–C) groups is 2. The van der Waals surface area contributed by atoms with Crippen LogP contribution in [-0.4, -0.2) is 94.1 Å². The number of urea groups is 1. The lowest BCUT2D eigenvalue weighted by Gasteiger charge is -2.05. The summed E-state index contributed by atoms with van der Waals surface area (Å²) in [5.74, 6) is -3.14. The van der Waals surface area contributed by atoms with Gasteiger partial charge in [-0.15, -0.1) is 0 Å². The van der Waals surface area contributed by atoms with E-state index >= 15 is 0 Å². The highest BCUT2D eigenvalue weighted by molar-refractivity contribution is 5.76. The zero-order chi connectivity index (χ0) is 31.4. The second kappa shape index (κ2) is 28.2. The summed E-state index contributed by atoms with van der Waals surface area (Å²) in [5, 5.41) is 35.7. The van der Waals surface area contributed by atoms with E-state index in [1.807, 2.05) is 0 Å². The van der Waals surface area contributed by atoms with Gasteiger partial charge in [0.1, 0.15) is 18.1 Å². The van der Waals surface area contributed by atoms with E-state index in [1.54, 1.807) is 5.48 Å². The van der Waals surface area contributed by atoms with Crippen molar-refractivity contribution in [3.8, 4) is 0 Å². The van der Waals surface area contributed by atoms with Crippen LogP contribution < -0.4 is 50.9 Å². The Morgan fingerprint density at radius 1 is 0.692 bits per heavy atom. The highest BCUT2D eigenvalue weighted by Gasteiger charge is 2.11. The SMILES string of the molecule is N=O.NC(=NCCC[C@@H](N)C(=O)O)NO.NC(=O)NCCC[C@@H](N)C(=O)O.NC(N)=NCCC[C@@H](N)C(=O)O. The summed E-state index contributed by atoms with van der Waals surface area (Å²) in [4.78, 5) is 55.6. The van der Waals surface area contributed by atoms with Crippen molar-refractivity contribution in [1.29, 1.82) is 5.59 Å². The Hall–Kier alpha value is -4.34. The summed E-state index contributed by atoms with van der Waals surface area (Å²) < 4.78 is 0. The second-order valence-electron chi connectivity index (χ2n) is 7.24. The summed E-state index contributed by atoms with van der Waals surface area (Å²) in [6.07, 6.45) is 2.64. The van der Waals surface area contributed by atoms with Gasteiger partial charge in [0.05, 0.1) is 0 Å². The number of aliphatic carboxylic acids is 3. The van der Waals surface area contributed by atoms with Crippen molar-refractivity contribution in [3.05, 3.63) is 4.91 Å². The number of nitrogens with zero attached hydrogens (tertiary/aromatic N) is 2. The summed E-state index contributed by atoms with van der Waals surface area (Å²) in [6.45, 7) is 1.11. The lowest BCUT2D eigenvalue weighted by Crippen LogP contribution is -2.33. The number of carbonyl (C=O) groups is 4. The van der Waals surface area contributed by atoms with Gasteiger partial charge in [0.25, 0.3) is 0 Å². The Labute approximate surface area is 223 Å². The Balaban J connectivity index is -0.000000228. The number of carboxylic acid groups (broad SMARTS) is 3. The van der Waals surface area contributed by atoms with Gasteiger partial charge in [-0.25, -0.2) is 10.3 Å². The highest BCUT2D eigenvalue weighted by atomic mass is 16.5. The van der Waals surface area contributed by atoms with Gasteiger partial charge >= 0.3 is 23.9 Å². The molecule has 0 aromatic rings. The van der Waals surface area contributed by atoms with Crippen molar-refractivity contribution in [2.45, 2.75) is 56.7 Å². The monoisotopic (exact) mass is 570 g/mol. The van der Waals surface area contributed by atoms with E-state index in [2.05, 4.69) is 20.9 Å². The molecule has 0 aliphatic rings. The van der Waals surface area contributed by atoms with E-state index in [0.717, 1.165) is 0 Å². The maximum Gasteiger partial charge on any atom is 0.320 e. The Kier molecular flexibility index (Phi) is 30.2. The smallest absolute Gasteiger partial charge is 0.320 e.